The summed E-state index contributed by atoms with van der Waals surface area (Å²) in [6, 6.07) is 6.89. The summed E-state index contributed by atoms with van der Waals surface area (Å²) in [6.07, 6.45) is -2.08. The smallest absolute Gasteiger partial charge is 0.565 e. The summed E-state index contributed by atoms with van der Waals surface area (Å²) < 4.78 is 4.75. The van der Waals surface area contributed by atoms with Crippen LogP contribution in [0.15, 0.2) is 24.3 Å². The Labute approximate surface area is 159 Å². The van der Waals surface area contributed by atoms with Gasteiger partial charge in [-0.1, -0.05) is 12.1 Å². The first kappa shape index (κ1) is 21.7. The topological polar surface area (TPSA) is 119 Å². The Kier molecular flexibility index (Phi) is 14.4. The molecule has 0 bridgehead atoms. The predicted molar refractivity (Wildman–Crippen MR) is 64.5 cm³/mol. The fourth-order valence-corrected chi connectivity index (χ4v) is 1.19. The summed E-state index contributed by atoms with van der Waals surface area (Å²) in [5, 5.41) is 27.4. The molecule has 0 aromatic heterocycles. The summed E-state index contributed by atoms with van der Waals surface area (Å²) in [4.78, 5) is 19.4. The molecule has 0 fully saturated rings. The number of esters is 1. The van der Waals surface area contributed by atoms with E-state index in [2.05, 4.69) is 5.32 Å². The number of carbonyl (C=O) groups is 2. The van der Waals surface area contributed by atoms with Gasteiger partial charge in [-0.05, 0) is 24.6 Å². The number of nitrogens with one attached hydrogen (secondary N) is 1. The Hall–Kier alpha value is -0.644. The molecule has 0 amide bonds. The Morgan fingerprint density at radius 3 is 2.50 bits per heavy atom. The van der Waals surface area contributed by atoms with Crippen molar-refractivity contribution in [2.24, 2.45) is 0 Å². The van der Waals surface area contributed by atoms with Crippen molar-refractivity contribution in [3.8, 4) is 5.75 Å². The van der Waals surface area contributed by atoms with E-state index in [1.165, 1.54) is 0 Å². The van der Waals surface area contributed by atoms with E-state index in [4.69, 9.17) is 19.7 Å². The molecule has 1 aromatic carbocycles. The average Bonchev–Trinajstić information content (AvgIpc) is 2.28. The molecular formula is C12H16KNO6. The van der Waals surface area contributed by atoms with Crippen molar-refractivity contribution in [1.82, 2.24) is 5.32 Å². The zero-order valence-corrected chi connectivity index (χ0v) is 14.6. The van der Waals surface area contributed by atoms with E-state index in [0.717, 1.165) is 5.56 Å². The van der Waals surface area contributed by atoms with Crippen LogP contribution in [0.1, 0.15) is 12.5 Å². The van der Waals surface area contributed by atoms with Crippen LogP contribution in [0.5, 0.6) is 5.75 Å². The normalized spacial score (nSPS) is 8.65. The molecule has 106 valence electrons. The Bertz CT molecular complexity index is 409. The third kappa shape index (κ3) is 13.8. The number of phenols is 1. The molecule has 0 aliphatic heterocycles. The second-order valence-electron chi connectivity index (χ2n) is 3.34. The Morgan fingerprint density at radius 2 is 2.00 bits per heavy atom. The van der Waals surface area contributed by atoms with Gasteiger partial charge in [0.25, 0.3) is 0 Å². The maximum Gasteiger partial charge on any atom is 1.00 e. The fraction of sp³-hybridized carbons (Fsp3) is 0.333. The molecule has 0 aliphatic rings. The first-order valence-corrected chi connectivity index (χ1v) is 5.50. The molecule has 1 rings (SSSR count). The van der Waals surface area contributed by atoms with Crippen LogP contribution < -0.4 is 61.8 Å². The number of phenolic OH excluding ortho intramolecular Hbond substituents is 1. The van der Waals surface area contributed by atoms with Gasteiger partial charge in [0.05, 0.1) is 13.2 Å². The van der Waals surface area contributed by atoms with Crippen LogP contribution in [0.25, 0.3) is 0 Å². The van der Waals surface area contributed by atoms with Crippen molar-refractivity contribution in [2.45, 2.75) is 13.5 Å². The van der Waals surface area contributed by atoms with Gasteiger partial charge in [0.15, 0.2) is 0 Å². The molecule has 0 spiro atoms. The van der Waals surface area contributed by atoms with Crippen LogP contribution in [-0.4, -0.2) is 35.5 Å². The molecular weight excluding hydrogens is 293 g/mol. The van der Waals surface area contributed by atoms with Crippen molar-refractivity contribution < 1.29 is 81.0 Å². The third-order valence-corrected chi connectivity index (χ3v) is 1.81. The predicted octanol–water partition coefficient (Wildman–Crippen LogP) is -3.06. The second kappa shape index (κ2) is 13.3. The number of aromatic hydroxyl groups is 1. The van der Waals surface area contributed by atoms with Crippen molar-refractivity contribution in [3.63, 3.8) is 0 Å². The van der Waals surface area contributed by atoms with Crippen molar-refractivity contribution in [2.75, 3.05) is 13.2 Å². The van der Waals surface area contributed by atoms with Gasteiger partial charge in [0.2, 0.25) is 6.16 Å². The molecule has 0 saturated carbocycles. The Balaban J connectivity index is 0. The molecule has 0 heterocycles. The van der Waals surface area contributed by atoms with Crippen molar-refractivity contribution >= 4 is 12.1 Å². The minimum Gasteiger partial charge on any atom is -0.565 e. The van der Waals surface area contributed by atoms with E-state index < -0.39 is 6.16 Å². The van der Waals surface area contributed by atoms with Gasteiger partial charge >= 0.3 is 57.4 Å². The number of ether oxygens (including phenoxy) is 1. The number of benzene rings is 1. The monoisotopic (exact) mass is 309 g/mol. The standard InChI is InChI=1S/C11H15NO3.CH2O3.K/c1-2-15-11(14)8-12-7-9-4-3-5-10(13)6-9;2-1(3)4;/h3-6,12-13H,2,7-8H2,1H3;(H2,2,3,4);/q;;+1/p-1. The number of rotatable bonds is 5. The minimum absolute atomic E-state index is 0. The molecule has 7 nitrogen and oxygen atoms in total. The minimum atomic E-state index is -2.08. The van der Waals surface area contributed by atoms with E-state index in [9.17, 15) is 9.90 Å². The molecule has 3 N–H and O–H groups in total. The van der Waals surface area contributed by atoms with E-state index in [0.29, 0.717) is 13.2 Å². The number of hydrogen-bond acceptors (Lipinski definition) is 6. The number of hydrogen-bond donors (Lipinski definition) is 3. The third-order valence-electron chi connectivity index (χ3n) is 1.81. The van der Waals surface area contributed by atoms with Gasteiger partial charge in [-0.25, -0.2) is 0 Å². The van der Waals surface area contributed by atoms with E-state index in [1.807, 2.05) is 6.07 Å². The first-order chi connectivity index (χ1) is 8.95. The van der Waals surface area contributed by atoms with Crippen LogP contribution in [0, 0.1) is 0 Å². The molecule has 0 aliphatic carbocycles. The maximum atomic E-state index is 11.0. The van der Waals surface area contributed by atoms with E-state index in [1.54, 1.807) is 25.1 Å². The number of carbonyl (C=O) groups excluding carboxylic acids is 1. The van der Waals surface area contributed by atoms with E-state index in [-0.39, 0.29) is 69.6 Å². The van der Waals surface area contributed by atoms with Crippen LogP contribution in [0.2, 0.25) is 0 Å². The molecule has 0 atom stereocenters. The van der Waals surface area contributed by atoms with Gasteiger partial charge in [-0.15, -0.1) is 0 Å². The SMILES string of the molecule is CCOC(=O)CNCc1cccc(O)c1.O=C([O-])O.[K+]. The largest absolute Gasteiger partial charge is 1.00 e. The fourth-order valence-electron chi connectivity index (χ4n) is 1.19. The quantitative estimate of drug-likeness (QED) is 0.390. The zero-order valence-electron chi connectivity index (χ0n) is 11.5. The number of carboxylic acid groups (broad SMARTS) is 2. The van der Waals surface area contributed by atoms with Crippen molar-refractivity contribution in [1.29, 1.82) is 0 Å². The van der Waals surface area contributed by atoms with Crippen LogP contribution >= 0.6 is 0 Å². The summed E-state index contributed by atoms with van der Waals surface area (Å²) in [6.45, 7) is 2.89. The van der Waals surface area contributed by atoms with Gasteiger partial charge in [0.1, 0.15) is 5.75 Å². The first-order valence-electron chi connectivity index (χ1n) is 5.50. The Morgan fingerprint density at radius 1 is 1.40 bits per heavy atom. The van der Waals surface area contributed by atoms with Crippen LogP contribution in [0.3, 0.4) is 0 Å². The molecule has 0 radical (unpaired) electrons. The van der Waals surface area contributed by atoms with Gasteiger partial charge in [0, 0.05) is 6.54 Å². The van der Waals surface area contributed by atoms with Crippen LogP contribution in [-0.2, 0) is 16.1 Å². The van der Waals surface area contributed by atoms with Crippen molar-refractivity contribution in [3.05, 3.63) is 29.8 Å². The molecule has 8 heteroatoms. The summed E-state index contributed by atoms with van der Waals surface area (Å²) in [5.41, 5.74) is 0.930. The maximum absolute atomic E-state index is 11.0. The van der Waals surface area contributed by atoms with Gasteiger partial charge in [-0.3, -0.25) is 4.79 Å². The summed E-state index contributed by atoms with van der Waals surface area (Å²) >= 11 is 0. The van der Waals surface area contributed by atoms with Gasteiger partial charge in [-0.2, -0.15) is 0 Å². The summed E-state index contributed by atoms with van der Waals surface area (Å²) in [5.74, 6) is -0.0388. The molecule has 0 saturated heterocycles. The molecule has 1 aromatic rings. The molecule has 20 heavy (non-hydrogen) atoms. The average molecular weight is 309 g/mol. The van der Waals surface area contributed by atoms with Gasteiger partial charge < -0.3 is 30.2 Å². The van der Waals surface area contributed by atoms with E-state index >= 15 is 0 Å². The summed E-state index contributed by atoms with van der Waals surface area (Å²) in [7, 11) is 0. The second-order valence-corrected chi connectivity index (χ2v) is 3.34. The van der Waals surface area contributed by atoms with Crippen LogP contribution in [0.4, 0.5) is 4.79 Å². The molecule has 0 unspecified atom stereocenters. The zero-order chi connectivity index (χ0) is 14.7.